The van der Waals surface area contributed by atoms with E-state index in [9.17, 15) is 13.2 Å². The van der Waals surface area contributed by atoms with Gasteiger partial charge in [-0.15, -0.1) is 10.2 Å². The second-order valence-corrected chi connectivity index (χ2v) is 6.59. The summed E-state index contributed by atoms with van der Waals surface area (Å²) in [7, 11) is 0. The molecule has 0 saturated carbocycles. The first-order valence-corrected chi connectivity index (χ1v) is 7.91. The number of anilines is 1. The molecule has 0 radical (unpaired) electrons. The van der Waals surface area contributed by atoms with Gasteiger partial charge in [-0.2, -0.15) is 18.3 Å². The van der Waals surface area contributed by atoms with Gasteiger partial charge in [-0.3, -0.25) is 4.68 Å². The third-order valence-corrected chi connectivity index (χ3v) is 4.50. The monoisotopic (exact) mass is 331 g/mol. The van der Waals surface area contributed by atoms with Gasteiger partial charge in [0.1, 0.15) is 0 Å². The average Bonchev–Trinajstić information content (AvgIpc) is 3.04. The Labute approximate surface area is 129 Å². The van der Waals surface area contributed by atoms with Gasteiger partial charge in [-0.25, -0.2) is 0 Å². The first kappa shape index (κ1) is 15.3. The van der Waals surface area contributed by atoms with Crippen LogP contribution in [0, 0.1) is 0 Å². The molecule has 1 aliphatic carbocycles. The molecule has 0 saturated heterocycles. The van der Waals surface area contributed by atoms with Gasteiger partial charge in [-0.1, -0.05) is 11.3 Å². The van der Waals surface area contributed by atoms with E-state index in [0.29, 0.717) is 11.3 Å². The van der Waals surface area contributed by atoms with Crippen LogP contribution in [0.1, 0.15) is 55.0 Å². The normalized spacial score (nSPS) is 18.5. The van der Waals surface area contributed by atoms with Crippen LogP contribution in [0.25, 0.3) is 0 Å². The van der Waals surface area contributed by atoms with E-state index in [1.54, 1.807) is 0 Å². The highest BCUT2D eigenvalue weighted by molar-refractivity contribution is 7.15. The Morgan fingerprint density at radius 3 is 2.77 bits per heavy atom. The molecule has 1 N–H and O–H groups in total. The number of alkyl halides is 3. The maximum atomic E-state index is 12.6. The summed E-state index contributed by atoms with van der Waals surface area (Å²) in [5.41, 5.74) is 2.06. The molecule has 0 spiro atoms. The fraction of sp³-hybridized carbons (Fsp3) is 0.615. The summed E-state index contributed by atoms with van der Waals surface area (Å²) in [6, 6.07) is 0.141. The van der Waals surface area contributed by atoms with Crippen molar-refractivity contribution in [3.63, 3.8) is 0 Å². The molecule has 2 heterocycles. The smallest absolute Gasteiger partial charge is 0.352 e. The van der Waals surface area contributed by atoms with Crippen molar-refractivity contribution in [3.05, 3.63) is 22.5 Å². The van der Waals surface area contributed by atoms with E-state index in [0.717, 1.165) is 30.5 Å². The van der Waals surface area contributed by atoms with Crippen molar-refractivity contribution in [2.75, 3.05) is 5.32 Å². The summed E-state index contributed by atoms with van der Waals surface area (Å²) < 4.78 is 39.6. The fourth-order valence-electron chi connectivity index (χ4n) is 2.51. The number of fused-ring (bicyclic) bond motifs is 1. The van der Waals surface area contributed by atoms with Gasteiger partial charge in [-0.05, 0) is 38.7 Å². The van der Waals surface area contributed by atoms with Crippen LogP contribution in [-0.4, -0.2) is 20.0 Å². The van der Waals surface area contributed by atoms with Gasteiger partial charge >= 0.3 is 6.18 Å². The molecule has 0 fully saturated rings. The molecule has 120 valence electrons. The lowest BCUT2D eigenvalue weighted by Crippen LogP contribution is -2.17. The van der Waals surface area contributed by atoms with Crippen molar-refractivity contribution >= 4 is 16.5 Å². The molecule has 5 nitrogen and oxygen atoms in total. The number of aryl methyl sites for hydroxylation is 1. The van der Waals surface area contributed by atoms with Crippen LogP contribution in [-0.2, 0) is 12.6 Å². The van der Waals surface area contributed by atoms with E-state index < -0.39 is 11.2 Å². The highest BCUT2D eigenvalue weighted by atomic mass is 32.1. The largest absolute Gasteiger partial charge is 0.445 e. The maximum absolute atomic E-state index is 12.6. The molecular weight excluding hydrogens is 315 g/mol. The molecule has 1 atom stereocenters. The van der Waals surface area contributed by atoms with Crippen LogP contribution >= 0.6 is 11.3 Å². The number of aromatic nitrogens is 4. The molecule has 0 aliphatic heterocycles. The Hall–Kier alpha value is -1.64. The molecule has 3 rings (SSSR count). The van der Waals surface area contributed by atoms with Gasteiger partial charge in [0, 0.05) is 12.2 Å². The molecule has 1 aliphatic rings. The predicted molar refractivity (Wildman–Crippen MR) is 76.8 cm³/mol. The highest BCUT2D eigenvalue weighted by Crippen LogP contribution is 2.36. The molecule has 0 amide bonds. The molecule has 22 heavy (non-hydrogen) atoms. The number of hydrogen-bond donors (Lipinski definition) is 1. The SMILES string of the molecule is CC(C)n1cc2c(n1)C(Nc1nnc(C(F)(F)F)s1)CCC2. The van der Waals surface area contributed by atoms with E-state index in [1.807, 2.05) is 24.7 Å². The minimum Gasteiger partial charge on any atom is -0.352 e. The molecule has 9 heteroatoms. The Bertz CT molecular complexity index is 661. The van der Waals surface area contributed by atoms with Gasteiger partial charge in [0.2, 0.25) is 10.1 Å². The van der Waals surface area contributed by atoms with Crippen molar-refractivity contribution in [1.82, 2.24) is 20.0 Å². The second-order valence-electron chi connectivity index (χ2n) is 5.61. The lowest BCUT2D eigenvalue weighted by Gasteiger charge is -2.21. The summed E-state index contributed by atoms with van der Waals surface area (Å²) >= 11 is 0.528. The summed E-state index contributed by atoms with van der Waals surface area (Å²) in [5, 5.41) is 13.7. The van der Waals surface area contributed by atoms with Crippen LogP contribution in [0.15, 0.2) is 6.20 Å². The summed E-state index contributed by atoms with van der Waals surface area (Å²) in [6.45, 7) is 4.09. The van der Waals surface area contributed by atoms with E-state index in [2.05, 4.69) is 20.6 Å². The molecular formula is C13H16F3N5S. The van der Waals surface area contributed by atoms with Crippen LogP contribution in [0.4, 0.5) is 18.3 Å². The first-order chi connectivity index (χ1) is 10.3. The number of rotatable bonds is 3. The second kappa shape index (κ2) is 5.53. The topological polar surface area (TPSA) is 55.6 Å². The summed E-state index contributed by atoms with van der Waals surface area (Å²) in [6.07, 6.45) is 0.316. The Morgan fingerprint density at radius 1 is 1.36 bits per heavy atom. The highest BCUT2D eigenvalue weighted by Gasteiger charge is 2.36. The van der Waals surface area contributed by atoms with Crippen molar-refractivity contribution < 1.29 is 13.2 Å². The Morgan fingerprint density at radius 2 is 2.14 bits per heavy atom. The van der Waals surface area contributed by atoms with Crippen molar-refractivity contribution in [3.8, 4) is 0 Å². The van der Waals surface area contributed by atoms with Crippen LogP contribution < -0.4 is 5.32 Å². The summed E-state index contributed by atoms with van der Waals surface area (Å²) in [4.78, 5) is 0. The van der Waals surface area contributed by atoms with Crippen LogP contribution in [0.2, 0.25) is 0 Å². The quantitative estimate of drug-likeness (QED) is 0.929. The third kappa shape index (κ3) is 2.94. The molecule has 2 aromatic heterocycles. The standard InChI is InChI=1S/C13H16F3N5S/c1-7(2)21-6-8-4-3-5-9(10(8)20-21)17-12-19-18-11(22-12)13(14,15)16/h6-7,9H,3-5H2,1-2H3,(H,17,19). The molecule has 2 aromatic rings. The number of halogens is 3. The third-order valence-electron chi connectivity index (χ3n) is 3.60. The van der Waals surface area contributed by atoms with Crippen LogP contribution in [0.3, 0.4) is 0 Å². The van der Waals surface area contributed by atoms with Crippen molar-refractivity contribution in [1.29, 1.82) is 0 Å². The lowest BCUT2D eigenvalue weighted by molar-refractivity contribution is -0.138. The number of nitrogens with one attached hydrogen (secondary N) is 1. The van der Waals surface area contributed by atoms with E-state index in [4.69, 9.17) is 0 Å². The number of nitrogens with zero attached hydrogens (tertiary/aromatic N) is 4. The first-order valence-electron chi connectivity index (χ1n) is 7.09. The van der Waals surface area contributed by atoms with Gasteiger partial charge in [0.25, 0.3) is 0 Å². The average molecular weight is 331 g/mol. The minimum absolute atomic E-state index is 0.113. The molecule has 1 unspecified atom stereocenters. The summed E-state index contributed by atoms with van der Waals surface area (Å²) in [5.74, 6) is 0. The Kier molecular flexibility index (Phi) is 3.84. The molecule has 0 aromatic carbocycles. The zero-order chi connectivity index (χ0) is 15.9. The zero-order valence-electron chi connectivity index (χ0n) is 12.2. The van der Waals surface area contributed by atoms with Gasteiger partial charge in [0.05, 0.1) is 11.7 Å². The fourth-order valence-corrected chi connectivity index (χ4v) is 3.18. The maximum Gasteiger partial charge on any atom is 0.445 e. The van der Waals surface area contributed by atoms with Crippen molar-refractivity contribution in [2.45, 2.75) is 51.4 Å². The zero-order valence-corrected chi connectivity index (χ0v) is 13.0. The van der Waals surface area contributed by atoms with E-state index in [1.165, 1.54) is 0 Å². The van der Waals surface area contributed by atoms with E-state index in [-0.39, 0.29) is 17.2 Å². The Balaban J connectivity index is 1.81. The lowest BCUT2D eigenvalue weighted by atomic mass is 9.94. The number of hydrogen-bond acceptors (Lipinski definition) is 5. The van der Waals surface area contributed by atoms with Gasteiger partial charge < -0.3 is 5.32 Å². The molecule has 0 bridgehead atoms. The van der Waals surface area contributed by atoms with Gasteiger partial charge in [0.15, 0.2) is 0 Å². The minimum atomic E-state index is -4.45. The van der Waals surface area contributed by atoms with Crippen molar-refractivity contribution in [2.24, 2.45) is 0 Å². The van der Waals surface area contributed by atoms with Crippen LogP contribution in [0.5, 0.6) is 0 Å². The van der Waals surface area contributed by atoms with E-state index >= 15 is 0 Å². The predicted octanol–water partition coefficient (Wildman–Crippen LogP) is 3.82.